The molecule has 2 N–H and O–H groups in total. The van der Waals surface area contributed by atoms with Crippen molar-refractivity contribution in [3.05, 3.63) is 29.3 Å². The molecule has 5 heteroatoms. The van der Waals surface area contributed by atoms with Gasteiger partial charge in [0.15, 0.2) is 0 Å². The third-order valence-corrected chi connectivity index (χ3v) is 3.99. The molecule has 0 spiro atoms. The van der Waals surface area contributed by atoms with Crippen molar-refractivity contribution in [3.8, 4) is 0 Å². The van der Waals surface area contributed by atoms with E-state index in [-0.39, 0.29) is 12.5 Å². The first-order chi connectivity index (χ1) is 9.48. The number of benzene rings is 1. The van der Waals surface area contributed by atoms with E-state index in [9.17, 15) is 9.90 Å². The number of nitrogens with zero attached hydrogens (tertiary/aromatic N) is 1. The highest BCUT2D eigenvalue weighted by Crippen LogP contribution is 2.29. The van der Waals surface area contributed by atoms with Crippen molar-refractivity contribution in [2.75, 3.05) is 25.5 Å². The summed E-state index contributed by atoms with van der Waals surface area (Å²) in [5.41, 5.74) is -0.00785. The van der Waals surface area contributed by atoms with Crippen LogP contribution >= 0.6 is 11.6 Å². The fourth-order valence-electron chi connectivity index (χ4n) is 2.75. The van der Waals surface area contributed by atoms with Crippen molar-refractivity contribution in [3.63, 3.8) is 0 Å². The van der Waals surface area contributed by atoms with Gasteiger partial charge in [-0.2, -0.15) is 0 Å². The first kappa shape index (κ1) is 15.3. The van der Waals surface area contributed by atoms with E-state index in [4.69, 9.17) is 11.6 Å². The molecule has 0 radical (unpaired) electrons. The lowest BCUT2D eigenvalue weighted by Gasteiger charge is -2.28. The van der Waals surface area contributed by atoms with E-state index in [1.54, 1.807) is 12.1 Å². The standard InChI is InChI=1S/C15H21ClN2O2/c1-18(11-15(20)8-4-5-9-15)10-14(19)17-13-7-3-2-6-12(13)16/h2-3,6-7,20H,4-5,8-11H2,1H3,(H,17,19). The van der Waals surface area contributed by atoms with Gasteiger partial charge < -0.3 is 10.4 Å². The Bertz CT molecular complexity index is 473. The number of rotatable bonds is 5. The Labute approximate surface area is 124 Å². The molecule has 0 aromatic heterocycles. The normalized spacial score (nSPS) is 17.4. The zero-order chi connectivity index (χ0) is 14.6. The Hall–Kier alpha value is -1.10. The lowest BCUT2D eigenvalue weighted by Crippen LogP contribution is -2.42. The van der Waals surface area contributed by atoms with Gasteiger partial charge in [-0.3, -0.25) is 9.69 Å². The molecule has 0 saturated heterocycles. The molecule has 2 rings (SSSR count). The number of amides is 1. The smallest absolute Gasteiger partial charge is 0.238 e. The van der Waals surface area contributed by atoms with Crippen molar-refractivity contribution < 1.29 is 9.90 Å². The van der Waals surface area contributed by atoms with Crippen molar-refractivity contribution in [1.82, 2.24) is 4.90 Å². The number of likely N-dealkylation sites (N-methyl/N-ethyl adjacent to an activating group) is 1. The molecule has 1 aliphatic rings. The quantitative estimate of drug-likeness (QED) is 0.878. The first-order valence-corrected chi connectivity index (χ1v) is 7.32. The second-order valence-corrected chi connectivity index (χ2v) is 6.04. The van der Waals surface area contributed by atoms with Gasteiger partial charge in [0.1, 0.15) is 0 Å². The molecular formula is C15H21ClN2O2. The summed E-state index contributed by atoms with van der Waals surface area (Å²) in [6.45, 7) is 0.774. The average molecular weight is 297 g/mol. The third-order valence-electron chi connectivity index (χ3n) is 3.66. The van der Waals surface area contributed by atoms with Crippen LogP contribution in [0.3, 0.4) is 0 Å². The maximum absolute atomic E-state index is 12.0. The summed E-state index contributed by atoms with van der Waals surface area (Å²) in [4.78, 5) is 13.8. The lowest BCUT2D eigenvalue weighted by atomic mass is 10.0. The van der Waals surface area contributed by atoms with Crippen molar-refractivity contribution in [2.24, 2.45) is 0 Å². The van der Waals surface area contributed by atoms with Gasteiger partial charge in [-0.15, -0.1) is 0 Å². The molecule has 0 unspecified atom stereocenters. The van der Waals surface area contributed by atoms with E-state index in [1.165, 1.54) is 0 Å². The zero-order valence-corrected chi connectivity index (χ0v) is 12.5. The summed E-state index contributed by atoms with van der Waals surface area (Å²) in [6.07, 6.45) is 3.78. The number of nitrogens with one attached hydrogen (secondary N) is 1. The van der Waals surface area contributed by atoms with Crippen LogP contribution in [0.2, 0.25) is 5.02 Å². The number of halogens is 1. The number of hydrogen-bond donors (Lipinski definition) is 2. The molecule has 1 aromatic rings. The van der Waals surface area contributed by atoms with E-state index in [0.29, 0.717) is 17.3 Å². The van der Waals surface area contributed by atoms with E-state index < -0.39 is 5.60 Å². The average Bonchev–Trinajstić information content (AvgIpc) is 2.78. The SMILES string of the molecule is CN(CC(=O)Nc1ccccc1Cl)CC1(O)CCCC1. The van der Waals surface area contributed by atoms with Gasteiger partial charge in [0.25, 0.3) is 0 Å². The molecule has 1 aromatic carbocycles. The van der Waals surface area contributed by atoms with E-state index in [1.807, 2.05) is 24.1 Å². The summed E-state index contributed by atoms with van der Waals surface area (Å²) in [6, 6.07) is 7.15. The fraction of sp³-hybridized carbons (Fsp3) is 0.533. The minimum atomic E-state index is -0.626. The van der Waals surface area contributed by atoms with E-state index in [0.717, 1.165) is 25.7 Å². The molecule has 20 heavy (non-hydrogen) atoms. The highest BCUT2D eigenvalue weighted by molar-refractivity contribution is 6.33. The van der Waals surface area contributed by atoms with Gasteiger partial charge in [0.05, 0.1) is 22.9 Å². The minimum Gasteiger partial charge on any atom is -0.389 e. The van der Waals surface area contributed by atoms with Crippen LogP contribution in [-0.4, -0.2) is 41.7 Å². The third kappa shape index (κ3) is 4.20. The predicted octanol–water partition coefficient (Wildman–Crippen LogP) is 2.52. The zero-order valence-electron chi connectivity index (χ0n) is 11.7. The molecule has 0 heterocycles. The number of hydrogen-bond acceptors (Lipinski definition) is 3. The summed E-state index contributed by atoms with van der Waals surface area (Å²) in [5, 5.41) is 13.6. The molecule has 1 aliphatic carbocycles. The monoisotopic (exact) mass is 296 g/mol. The van der Waals surface area contributed by atoms with Crippen molar-refractivity contribution in [2.45, 2.75) is 31.3 Å². The molecule has 0 bridgehead atoms. The van der Waals surface area contributed by atoms with E-state index in [2.05, 4.69) is 5.32 Å². The largest absolute Gasteiger partial charge is 0.389 e. The van der Waals surface area contributed by atoms with Gasteiger partial charge in [-0.1, -0.05) is 36.6 Å². The van der Waals surface area contributed by atoms with E-state index >= 15 is 0 Å². The number of carbonyl (C=O) groups is 1. The van der Waals surface area contributed by atoms with Crippen molar-refractivity contribution >= 4 is 23.2 Å². The predicted molar refractivity (Wildman–Crippen MR) is 81.0 cm³/mol. The maximum Gasteiger partial charge on any atom is 0.238 e. The first-order valence-electron chi connectivity index (χ1n) is 6.94. The van der Waals surface area contributed by atoms with Crippen LogP contribution in [0.25, 0.3) is 0 Å². The van der Waals surface area contributed by atoms with Gasteiger partial charge in [0.2, 0.25) is 5.91 Å². The molecule has 1 amide bonds. The molecule has 4 nitrogen and oxygen atoms in total. The summed E-state index contributed by atoms with van der Waals surface area (Å²) < 4.78 is 0. The number of para-hydroxylation sites is 1. The molecular weight excluding hydrogens is 276 g/mol. The van der Waals surface area contributed by atoms with Crippen LogP contribution in [0.4, 0.5) is 5.69 Å². The van der Waals surface area contributed by atoms with Gasteiger partial charge in [-0.05, 0) is 32.0 Å². The number of aliphatic hydroxyl groups is 1. The number of carbonyl (C=O) groups excluding carboxylic acids is 1. The maximum atomic E-state index is 12.0. The molecule has 0 atom stereocenters. The van der Waals surface area contributed by atoms with Crippen LogP contribution < -0.4 is 5.32 Å². The lowest BCUT2D eigenvalue weighted by molar-refractivity contribution is -0.117. The second kappa shape index (κ2) is 6.57. The van der Waals surface area contributed by atoms with Crippen LogP contribution in [0, 0.1) is 0 Å². The van der Waals surface area contributed by atoms with Gasteiger partial charge in [0, 0.05) is 6.54 Å². The Morgan fingerprint density at radius 3 is 2.70 bits per heavy atom. The molecule has 0 aliphatic heterocycles. The summed E-state index contributed by atoms with van der Waals surface area (Å²) in [5.74, 6) is -0.123. The number of anilines is 1. The fourth-order valence-corrected chi connectivity index (χ4v) is 2.93. The van der Waals surface area contributed by atoms with Crippen LogP contribution in [-0.2, 0) is 4.79 Å². The van der Waals surface area contributed by atoms with Gasteiger partial charge >= 0.3 is 0 Å². The minimum absolute atomic E-state index is 0.123. The van der Waals surface area contributed by atoms with Crippen molar-refractivity contribution in [1.29, 1.82) is 0 Å². The highest BCUT2D eigenvalue weighted by atomic mass is 35.5. The van der Waals surface area contributed by atoms with Gasteiger partial charge in [-0.25, -0.2) is 0 Å². The second-order valence-electron chi connectivity index (χ2n) is 5.63. The molecule has 110 valence electrons. The Morgan fingerprint density at radius 2 is 2.05 bits per heavy atom. The Kier molecular flexibility index (Phi) is 5.02. The Morgan fingerprint density at radius 1 is 1.40 bits per heavy atom. The van der Waals surface area contributed by atoms with Crippen LogP contribution in [0.1, 0.15) is 25.7 Å². The highest BCUT2D eigenvalue weighted by Gasteiger charge is 2.32. The Balaban J connectivity index is 1.83. The van der Waals surface area contributed by atoms with Crippen LogP contribution in [0.5, 0.6) is 0 Å². The van der Waals surface area contributed by atoms with Crippen LogP contribution in [0.15, 0.2) is 24.3 Å². The summed E-state index contributed by atoms with van der Waals surface area (Å²) >= 11 is 6.00. The molecule has 1 fully saturated rings. The summed E-state index contributed by atoms with van der Waals surface area (Å²) in [7, 11) is 1.85. The topological polar surface area (TPSA) is 52.6 Å². The molecule has 1 saturated carbocycles.